The fourth-order valence-corrected chi connectivity index (χ4v) is 2.95. The minimum Gasteiger partial charge on any atom is -0.443 e. The summed E-state index contributed by atoms with van der Waals surface area (Å²) in [6.07, 6.45) is 1.47. The van der Waals surface area contributed by atoms with E-state index >= 15 is 0 Å². The van der Waals surface area contributed by atoms with E-state index in [0.717, 1.165) is 27.7 Å². The molecule has 0 radical (unpaired) electrons. The van der Waals surface area contributed by atoms with Crippen LogP contribution in [0, 0.1) is 0 Å². The molecule has 0 aliphatic rings. The third-order valence-electron chi connectivity index (χ3n) is 2.99. The van der Waals surface area contributed by atoms with E-state index in [2.05, 4.69) is 21.5 Å². The predicted octanol–water partition coefficient (Wildman–Crippen LogP) is 4.10. The average Bonchev–Trinajstić information content (AvgIpc) is 3.05. The lowest BCUT2D eigenvalue weighted by atomic mass is 10.1. The first-order valence-corrected chi connectivity index (χ1v) is 6.38. The van der Waals surface area contributed by atoms with Crippen molar-refractivity contribution < 1.29 is 4.42 Å². The highest BCUT2D eigenvalue weighted by Gasteiger charge is 2.12. The SMILES string of the molecule is c1cc(-c2nsc3ccccc23)c2ncoc2c1. The van der Waals surface area contributed by atoms with E-state index in [1.165, 1.54) is 22.6 Å². The van der Waals surface area contributed by atoms with Gasteiger partial charge in [-0.3, -0.25) is 0 Å². The first-order valence-electron chi connectivity index (χ1n) is 5.60. The average molecular weight is 252 g/mol. The summed E-state index contributed by atoms with van der Waals surface area (Å²) in [5.74, 6) is 0. The van der Waals surface area contributed by atoms with Gasteiger partial charge in [-0.2, -0.15) is 4.37 Å². The van der Waals surface area contributed by atoms with Crippen LogP contribution in [0.25, 0.3) is 32.4 Å². The van der Waals surface area contributed by atoms with Crippen molar-refractivity contribution in [3.8, 4) is 11.3 Å². The van der Waals surface area contributed by atoms with E-state index in [1.807, 2.05) is 30.3 Å². The first kappa shape index (κ1) is 9.79. The van der Waals surface area contributed by atoms with Gasteiger partial charge in [0.25, 0.3) is 0 Å². The lowest BCUT2D eigenvalue weighted by Gasteiger charge is -1.98. The number of hydrogen-bond acceptors (Lipinski definition) is 4. The van der Waals surface area contributed by atoms with E-state index in [1.54, 1.807) is 0 Å². The molecule has 0 saturated carbocycles. The van der Waals surface area contributed by atoms with Gasteiger partial charge in [0.2, 0.25) is 0 Å². The van der Waals surface area contributed by atoms with Gasteiger partial charge in [0.1, 0.15) is 5.52 Å². The second-order valence-corrected chi connectivity index (χ2v) is 4.84. The molecule has 2 aromatic heterocycles. The van der Waals surface area contributed by atoms with Crippen LogP contribution in [-0.2, 0) is 0 Å². The summed E-state index contributed by atoms with van der Waals surface area (Å²) >= 11 is 1.51. The number of aromatic nitrogens is 2. The Kier molecular flexibility index (Phi) is 1.98. The summed E-state index contributed by atoms with van der Waals surface area (Å²) in [6.45, 7) is 0. The maximum absolute atomic E-state index is 5.33. The van der Waals surface area contributed by atoms with E-state index in [-0.39, 0.29) is 0 Å². The number of hydrogen-bond donors (Lipinski definition) is 0. The molecule has 0 spiro atoms. The van der Waals surface area contributed by atoms with Crippen molar-refractivity contribution in [2.45, 2.75) is 0 Å². The van der Waals surface area contributed by atoms with E-state index in [9.17, 15) is 0 Å². The second-order valence-electron chi connectivity index (χ2n) is 4.03. The van der Waals surface area contributed by atoms with Gasteiger partial charge in [0.15, 0.2) is 12.0 Å². The zero-order valence-electron chi connectivity index (χ0n) is 9.33. The van der Waals surface area contributed by atoms with Crippen LogP contribution in [0.4, 0.5) is 0 Å². The molecule has 2 aromatic carbocycles. The van der Waals surface area contributed by atoms with E-state index in [0.29, 0.717) is 0 Å². The van der Waals surface area contributed by atoms with Gasteiger partial charge in [0, 0.05) is 10.9 Å². The summed E-state index contributed by atoms with van der Waals surface area (Å²) < 4.78 is 11.1. The lowest BCUT2D eigenvalue weighted by Crippen LogP contribution is -1.80. The van der Waals surface area contributed by atoms with Crippen LogP contribution in [0.3, 0.4) is 0 Å². The van der Waals surface area contributed by atoms with Crippen LogP contribution >= 0.6 is 11.5 Å². The van der Waals surface area contributed by atoms with Crippen molar-refractivity contribution in [3.05, 3.63) is 48.9 Å². The topological polar surface area (TPSA) is 38.9 Å². The summed E-state index contributed by atoms with van der Waals surface area (Å²) in [4.78, 5) is 4.28. The zero-order valence-corrected chi connectivity index (χ0v) is 10.1. The van der Waals surface area contributed by atoms with Crippen LogP contribution in [0.15, 0.2) is 53.3 Å². The quantitative estimate of drug-likeness (QED) is 0.512. The summed E-state index contributed by atoms with van der Waals surface area (Å²) in [5.41, 5.74) is 3.67. The Morgan fingerprint density at radius 1 is 1.00 bits per heavy atom. The molecule has 2 heterocycles. The summed E-state index contributed by atoms with van der Waals surface area (Å²) in [7, 11) is 0. The highest BCUT2D eigenvalue weighted by molar-refractivity contribution is 7.13. The van der Waals surface area contributed by atoms with Crippen molar-refractivity contribution in [2.75, 3.05) is 0 Å². The fourth-order valence-electron chi connectivity index (χ4n) is 2.16. The molecule has 4 heteroatoms. The molecule has 0 bridgehead atoms. The molecule has 3 nitrogen and oxygen atoms in total. The number of benzene rings is 2. The molecule has 0 fully saturated rings. The minimum absolute atomic E-state index is 0.796. The number of fused-ring (bicyclic) bond motifs is 2. The van der Waals surface area contributed by atoms with E-state index in [4.69, 9.17) is 4.42 Å². The standard InChI is InChI=1S/C14H8N2OS/c1-2-7-12-9(4-1)13(16-18-12)10-5-3-6-11-14(10)15-8-17-11/h1-8H. The molecule has 0 saturated heterocycles. The van der Waals surface area contributed by atoms with Crippen molar-refractivity contribution in [1.82, 2.24) is 9.36 Å². The highest BCUT2D eigenvalue weighted by atomic mass is 32.1. The molecular weight excluding hydrogens is 244 g/mol. The van der Waals surface area contributed by atoms with Crippen molar-refractivity contribution in [1.29, 1.82) is 0 Å². The minimum atomic E-state index is 0.796. The maximum Gasteiger partial charge on any atom is 0.182 e. The molecule has 4 rings (SSSR count). The van der Waals surface area contributed by atoms with Crippen molar-refractivity contribution in [3.63, 3.8) is 0 Å². The molecule has 0 N–H and O–H groups in total. The Balaban J connectivity index is 2.10. The van der Waals surface area contributed by atoms with Crippen LogP contribution < -0.4 is 0 Å². The largest absolute Gasteiger partial charge is 0.443 e. The summed E-state index contributed by atoms with van der Waals surface area (Å²) in [5, 5.41) is 1.16. The van der Waals surface area contributed by atoms with Crippen molar-refractivity contribution in [2.24, 2.45) is 0 Å². The van der Waals surface area contributed by atoms with Gasteiger partial charge in [-0.15, -0.1) is 0 Å². The Morgan fingerprint density at radius 2 is 1.94 bits per heavy atom. The Hall–Kier alpha value is -2.20. The van der Waals surface area contributed by atoms with Crippen molar-refractivity contribution >= 4 is 32.7 Å². The molecule has 0 atom stereocenters. The van der Waals surface area contributed by atoms with Crippen LogP contribution in [0.5, 0.6) is 0 Å². The Bertz CT molecular complexity index is 847. The number of rotatable bonds is 1. The van der Waals surface area contributed by atoms with Gasteiger partial charge in [-0.25, -0.2) is 4.98 Å². The third-order valence-corrected chi connectivity index (χ3v) is 3.82. The molecule has 86 valence electrons. The molecule has 0 aliphatic heterocycles. The zero-order chi connectivity index (χ0) is 11.9. The third kappa shape index (κ3) is 1.29. The molecule has 0 unspecified atom stereocenters. The number of nitrogens with zero attached hydrogens (tertiary/aromatic N) is 2. The van der Waals surface area contributed by atoms with Gasteiger partial charge in [-0.1, -0.05) is 30.3 Å². The molecule has 18 heavy (non-hydrogen) atoms. The smallest absolute Gasteiger partial charge is 0.182 e. The van der Waals surface area contributed by atoms with Crippen LogP contribution in [0.1, 0.15) is 0 Å². The molecule has 0 amide bonds. The van der Waals surface area contributed by atoms with Crippen LogP contribution in [0.2, 0.25) is 0 Å². The normalized spacial score (nSPS) is 11.3. The van der Waals surface area contributed by atoms with Crippen LogP contribution in [-0.4, -0.2) is 9.36 Å². The Labute approximate surface area is 107 Å². The molecule has 0 aliphatic carbocycles. The van der Waals surface area contributed by atoms with Gasteiger partial charge >= 0.3 is 0 Å². The van der Waals surface area contributed by atoms with Gasteiger partial charge in [-0.05, 0) is 23.7 Å². The fraction of sp³-hybridized carbons (Fsp3) is 0. The predicted molar refractivity (Wildman–Crippen MR) is 72.6 cm³/mol. The number of para-hydroxylation sites is 1. The lowest BCUT2D eigenvalue weighted by molar-refractivity contribution is 0.602. The van der Waals surface area contributed by atoms with Gasteiger partial charge < -0.3 is 4.42 Å². The molecular formula is C14H8N2OS. The van der Waals surface area contributed by atoms with E-state index < -0.39 is 0 Å². The second kappa shape index (κ2) is 3.65. The summed E-state index contributed by atoms with van der Waals surface area (Å²) in [6, 6.07) is 14.2. The maximum atomic E-state index is 5.33. The monoisotopic (exact) mass is 252 g/mol. The Morgan fingerprint density at radius 3 is 2.94 bits per heavy atom. The number of oxazole rings is 1. The van der Waals surface area contributed by atoms with Gasteiger partial charge in [0.05, 0.1) is 10.4 Å². The highest BCUT2D eigenvalue weighted by Crippen LogP contribution is 2.34. The first-order chi connectivity index (χ1) is 8.93. The molecule has 4 aromatic rings.